The number of rotatable bonds is 6. The molecule has 0 aliphatic heterocycles. The number of hydrogen-bond acceptors (Lipinski definition) is 3. The average Bonchev–Trinajstić information content (AvgIpc) is 2.52. The average molecular weight is 297 g/mol. The fourth-order valence-corrected chi connectivity index (χ4v) is 1.98. The second-order valence-corrected chi connectivity index (χ2v) is 5.11. The summed E-state index contributed by atoms with van der Waals surface area (Å²) in [5.41, 5.74) is 1.98. The van der Waals surface area contributed by atoms with Gasteiger partial charge in [0.1, 0.15) is 12.4 Å². The van der Waals surface area contributed by atoms with Crippen molar-refractivity contribution in [3.05, 3.63) is 71.9 Å². The van der Waals surface area contributed by atoms with Crippen LogP contribution in [0.3, 0.4) is 0 Å². The summed E-state index contributed by atoms with van der Waals surface area (Å²) in [4.78, 5) is 13.0. The Morgan fingerprint density at radius 3 is 2.27 bits per heavy atom. The molecule has 0 aliphatic rings. The minimum Gasteiger partial charge on any atom is -0.489 e. The van der Waals surface area contributed by atoms with Crippen molar-refractivity contribution in [2.75, 3.05) is 14.1 Å². The van der Waals surface area contributed by atoms with E-state index in [1.54, 1.807) is 49.5 Å². The molecule has 0 unspecified atom stereocenters. The summed E-state index contributed by atoms with van der Waals surface area (Å²) in [6.45, 7) is 0.486. The van der Waals surface area contributed by atoms with Crippen molar-refractivity contribution in [2.45, 2.75) is 6.61 Å². The van der Waals surface area contributed by atoms with Crippen LogP contribution in [0.1, 0.15) is 11.1 Å². The number of carbonyl (C=O) groups is 1. The predicted octanol–water partition coefficient (Wildman–Crippen LogP) is 3.25. The van der Waals surface area contributed by atoms with Crippen LogP contribution in [0.25, 0.3) is 5.57 Å². The summed E-state index contributed by atoms with van der Waals surface area (Å²) in [5.74, 6) is -0.242. The van der Waals surface area contributed by atoms with Crippen molar-refractivity contribution < 1.29 is 14.6 Å². The van der Waals surface area contributed by atoms with E-state index in [4.69, 9.17) is 4.74 Å². The molecule has 0 fully saturated rings. The second kappa shape index (κ2) is 7.31. The Morgan fingerprint density at radius 1 is 1.09 bits per heavy atom. The molecule has 22 heavy (non-hydrogen) atoms. The maximum absolute atomic E-state index is 11.3. The van der Waals surface area contributed by atoms with E-state index in [1.165, 1.54) is 0 Å². The first-order chi connectivity index (χ1) is 10.6. The smallest absolute Gasteiger partial charge is 0.337 e. The van der Waals surface area contributed by atoms with Gasteiger partial charge in [-0.05, 0) is 23.3 Å². The zero-order valence-corrected chi connectivity index (χ0v) is 12.7. The fourth-order valence-electron chi connectivity index (χ4n) is 1.98. The zero-order chi connectivity index (χ0) is 15.9. The summed E-state index contributed by atoms with van der Waals surface area (Å²) in [6, 6.07) is 17.0. The topological polar surface area (TPSA) is 49.8 Å². The van der Waals surface area contributed by atoms with E-state index in [0.29, 0.717) is 17.9 Å². The van der Waals surface area contributed by atoms with Gasteiger partial charge in [-0.2, -0.15) is 0 Å². The van der Waals surface area contributed by atoms with Gasteiger partial charge in [-0.25, -0.2) is 4.79 Å². The lowest BCUT2D eigenvalue weighted by Gasteiger charge is -2.10. The Labute approximate surface area is 130 Å². The van der Waals surface area contributed by atoms with Crippen LogP contribution in [0.5, 0.6) is 5.75 Å². The van der Waals surface area contributed by atoms with Gasteiger partial charge in [0.05, 0.1) is 5.57 Å². The van der Waals surface area contributed by atoms with E-state index >= 15 is 0 Å². The van der Waals surface area contributed by atoms with Gasteiger partial charge in [0, 0.05) is 20.3 Å². The molecule has 2 aromatic carbocycles. The van der Waals surface area contributed by atoms with E-state index in [-0.39, 0.29) is 5.57 Å². The minimum atomic E-state index is -0.952. The summed E-state index contributed by atoms with van der Waals surface area (Å²) in [7, 11) is 3.58. The van der Waals surface area contributed by atoms with E-state index in [0.717, 1.165) is 5.56 Å². The Morgan fingerprint density at radius 2 is 1.73 bits per heavy atom. The third-order valence-corrected chi connectivity index (χ3v) is 3.03. The van der Waals surface area contributed by atoms with E-state index in [1.807, 2.05) is 30.3 Å². The van der Waals surface area contributed by atoms with Gasteiger partial charge in [-0.3, -0.25) is 0 Å². The van der Waals surface area contributed by atoms with Gasteiger partial charge in [0.25, 0.3) is 0 Å². The van der Waals surface area contributed by atoms with Crippen LogP contribution in [0.2, 0.25) is 0 Å². The highest BCUT2D eigenvalue weighted by Gasteiger charge is 2.10. The molecule has 0 aliphatic carbocycles. The van der Waals surface area contributed by atoms with E-state index in [2.05, 4.69) is 0 Å². The van der Waals surface area contributed by atoms with Gasteiger partial charge in [0.2, 0.25) is 0 Å². The van der Waals surface area contributed by atoms with Crippen molar-refractivity contribution in [1.82, 2.24) is 4.90 Å². The molecule has 0 atom stereocenters. The number of carboxylic acids is 1. The fraction of sp³-hybridized carbons (Fsp3) is 0.167. The number of nitrogens with zero attached hydrogens (tertiary/aromatic N) is 1. The Kier molecular flexibility index (Phi) is 5.20. The molecule has 0 saturated heterocycles. The third kappa shape index (κ3) is 4.38. The lowest BCUT2D eigenvalue weighted by atomic mass is 10.1. The van der Waals surface area contributed by atoms with E-state index < -0.39 is 5.97 Å². The summed E-state index contributed by atoms with van der Waals surface area (Å²) >= 11 is 0. The van der Waals surface area contributed by atoms with Crippen molar-refractivity contribution in [3.63, 3.8) is 0 Å². The Balaban J connectivity index is 2.08. The van der Waals surface area contributed by atoms with Crippen molar-refractivity contribution >= 4 is 11.5 Å². The highest BCUT2D eigenvalue weighted by Crippen LogP contribution is 2.20. The molecule has 4 heteroatoms. The van der Waals surface area contributed by atoms with Gasteiger partial charge in [-0.1, -0.05) is 42.5 Å². The van der Waals surface area contributed by atoms with Crippen LogP contribution < -0.4 is 4.74 Å². The number of aliphatic carboxylic acids is 1. The van der Waals surface area contributed by atoms with Crippen molar-refractivity contribution in [3.8, 4) is 5.75 Å². The maximum Gasteiger partial charge on any atom is 0.337 e. The van der Waals surface area contributed by atoms with Crippen LogP contribution in [-0.2, 0) is 11.4 Å². The molecule has 4 nitrogen and oxygen atoms in total. The van der Waals surface area contributed by atoms with Crippen LogP contribution in [-0.4, -0.2) is 30.1 Å². The number of carboxylic acid groups (broad SMARTS) is 1. The largest absolute Gasteiger partial charge is 0.489 e. The first-order valence-electron chi connectivity index (χ1n) is 6.95. The van der Waals surface area contributed by atoms with Gasteiger partial charge < -0.3 is 14.7 Å². The summed E-state index contributed by atoms with van der Waals surface area (Å²) < 4.78 is 5.69. The van der Waals surface area contributed by atoms with Crippen LogP contribution in [0.15, 0.2) is 60.8 Å². The molecule has 0 saturated carbocycles. The molecular weight excluding hydrogens is 278 g/mol. The van der Waals surface area contributed by atoms with E-state index in [9.17, 15) is 9.90 Å². The van der Waals surface area contributed by atoms with Crippen LogP contribution in [0, 0.1) is 0 Å². The highest BCUT2D eigenvalue weighted by atomic mass is 16.5. The second-order valence-electron chi connectivity index (χ2n) is 5.11. The normalized spacial score (nSPS) is 11.1. The molecule has 0 radical (unpaired) electrons. The quantitative estimate of drug-likeness (QED) is 0.832. The van der Waals surface area contributed by atoms with Crippen LogP contribution >= 0.6 is 0 Å². The van der Waals surface area contributed by atoms with Crippen molar-refractivity contribution in [2.24, 2.45) is 0 Å². The number of ether oxygens (including phenoxy) is 1. The molecule has 0 spiro atoms. The molecular formula is C18H19NO3. The minimum absolute atomic E-state index is 0.250. The van der Waals surface area contributed by atoms with Gasteiger partial charge in [0.15, 0.2) is 0 Å². The first-order valence-corrected chi connectivity index (χ1v) is 6.95. The van der Waals surface area contributed by atoms with Gasteiger partial charge in [-0.15, -0.1) is 0 Å². The standard InChI is InChI=1S/C18H19NO3/c1-19(2)12-17(18(20)21)15-8-10-16(11-9-15)22-13-14-6-4-3-5-7-14/h3-12H,13H2,1-2H3,(H,20,21)/b17-12-. The molecule has 0 bridgehead atoms. The SMILES string of the molecule is CN(C)/C=C(\C(=O)O)c1ccc(OCc2ccccc2)cc1. The molecule has 114 valence electrons. The third-order valence-electron chi connectivity index (χ3n) is 3.03. The van der Waals surface area contributed by atoms with Gasteiger partial charge >= 0.3 is 5.97 Å². The summed E-state index contributed by atoms with van der Waals surface area (Å²) in [5, 5.41) is 9.27. The molecule has 2 rings (SSSR count). The number of hydrogen-bond donors (Lipinski definition) is 1. The lowest BCUT2D eigenvalue weighted by Crippen LogP contribution is -2.08. The Bertz CT molecular complexity index is 646. The molecule has 0 heterocycles. The summed E-state index contributed by atoms with van der Waals surface area (Å²) in [6.07, 6.45) is 1.59. The Hall–Kier alpha value is -2.75. The molecule has 0 amide bonds. The molecule has 2 aromatic rings. The highest BCUT2D eigenvalue weighted by molar-refractivity contribution is 6.15. The lowest BCUT2D eigenvalue weighted by molar-refractivity contribution is -0.130. The first kappa shape index (κ1) is 15.6. The predicted molar refractivity (Wildman–Crippen MR) is 86.5 cm³/mol. The van der Waals surface area contributed by atoms with Crippen molar-refractivity contribution in [1.29, 1.82) is 0 Å². The molecule has 1 N–H and O–H groups in total. The maximum atomic E-state index is 11.3. The zero-order valence-electron chi connectivity index (χ0n) is 12.7. The number of benzene rings is 2. The van der Waals surface area contributed by atoms with Crippen LogP contribution in [0.4, 0.5) is 0 Å². The monoisotopic (exact) mass is 297 g/mol. The molecule has 0 aromatic heterocycles.